The molecule has 0 aliphatic heterocycles. The fourth-order valence-corrected chi connectivity index (χ4v) is 1.08. The molecule has 0 saturated carbocycles. The Kier molecular flexibility index (Phi) is 1.89. The normalized spacial score (nSPS) is 26.7. The van der Waals surface area contributed by atoms with Gasteiger partial charge in [-0.05, 0) is 26.2 Å². The van der Waals surface area contributed by atoms with Crippen molar-refractivity contribution in [3.05, 3.63) is 11.6 Å². The van der Waals surface area contributed by atoms with Crippen LogP contribution in [0.15, 0.2) is 11.6 Å². The molecule has 0 amide bonds. The number of hydrogen-bond acceptors (Lipinski definition) is 1. The molecule has 0 bridgehead atoms. The van der Waals surface area contributed by atoms with Gasteiger partial charge < -0.3 is 0 Å². The highest BCUT2D eigenvalue weighted by atomic mass is 14.3. The molecular formula is C8H11N. The van der Waals surface area contributed by atoms with Gasteiger partial charge in [-0.2, -0.15) is 5.26 Å². The van der Waals surface area contributed by atoms with Crippen molar-refractivity contribution < 1.29 is 0 Å². The molecule has 0 radical (unpaired) electrons. The molecule has 0 saturated heterocycles. The molecule has 48 valence electrons. The Labute approximate surface area is 56.0 Å². The molecule has 1 aliphatic carbocycles. The highest BCUT2D eigenvalue weighted by Crippen LogP contribution is 2.21. The molecule has 0 N–H and O–H groups in total. The van der Waals surface area contributed by atoms with Crippen LogP contribution >= 0.6 is 0 Å². The second-order valence-corrected chi connectivity index (χ2v) is 2.65. The second-order valence-electron chi connectivity index (χ2n) is 2.65. The number of rotatable bonds is 0. The minimum absolute atomic E-state index is 0.300. The van der Waals surface area contributed by atoms with Gasteiger partial charge in [0.1, 0.15) is 0 Å². The zero-order valence-corrected chi connectivity index (χ0v) is 5.72. The number of allylic oxidation sites excluding steroid dienone is 2. The van der Waals surface area contributed by atoms with E-state index in [9.17, 15) is 0 Å². The first kappa shape index (κ1) is 6.35. The first-order valence-electron chi connectivity index (χ1n) is 3.38. The van der Waals surface area contributed by atoms with Crippen LogP contribution in [-0.4, -0.2) is 0 Å². The van der Waals surface area contributed by atoms with E-state index in [1.54, 1.807) is 0 Å². The van der Waals surface area contributed by atoms with Gasteiger partial charge in [-0.3, -0.25) is 0 Å². The summed E-state index contributed by atoms with van der Waals surface area (Å²) in [6.45, 7) is 2.13. The standard InChI is InChI=1S/C8H11N/c1-7-2-4-8(6-9)5-3-7/h2,8H,3-5H2,1H3/t8-/m0/s1. The highest BCUT2D eigenvalue weighted by molar-refractivity contribution is 5.06. The summed E-state index contributed by atoms with van der Waals surface area (Å²) in [6.07, 6.45) is 5.34. The summed E-state index contributed by atoms with van der Waals surface area (Å²) < 4.78 is 0. The van der Waals surface area contributed by atoms with E-state index in [0.29, 0.717) is 5.92 Å². The van der Waals surface area contributed by atoms with Crippen LogP contribution in [0.1, 0.15) is 26.2 Å². The summed E-state index contributed by atoms with van der Waals surface area (Å²) in [5.41, 5.74) is 1.45. The topological polar surface area (TPSA) is 23.8 Å². The van der Waals surface area contributed by atoms with Crippen molar-refractivity contribution in [1.29, 1.82) is 5.26 Å². The fraction of sp³-hybridized carbons (Fsp3) is 0.625. The summed E-state index contributed by atoms with van der Waals surface area (Å²) >= 11 is 0. The Morgan fingerprint density at radius 3 is 3.00 bits per heavy atom. The Morgan fingerprint density at radius 1 is 1.78 bits per heavy atom. The van der Waals surface area contributed by atoms with E-state index in [2.05, 4.69) is 19.1 Å². The third-order valence-electron chi connectivity index (χ3n) is 1.82. The van der Waals surface area contributed by atoms with Gasteiger partial charge in [0.2, 0.25) is 0 Å². The van der Waals surface area contributed by atoms with Crippen LogP contribution in [0.4, 0.5) is 0 Å². The predicted molar refractivity (Wildman–Crippen MR) is 36.7 cm³/mol. The lowest BCUT2D eigenvalue weighted by Crippen LogP contribution is -2.00. The fourth-order valence-electron chi connectivity index (χ4n) is 1.08. The lowest BCUT2D eigenvalue weighted by molar-refractivity contribution is 0.579. The van der Waals surface area contributed by atoms with Crippen molar-refractivity contribution in [3.8, 4) is 6.07 Å². The molecule has 0 aromatic rings. The van der Waals surface area contributed by atoms with E-state index < -0.39 is 0 Å². The molecule has 1 atom stereocenters. The number of nitrogens with zero attached hydrogens (tertiary/aromatic N) is 1. The van der Waals surface area contributed by atoms with E-state index in [1.807, 2.05) is 0 Å². The van der Waals surface area contributed by atoms with Gasteiger partial charge in [-0.1, -0.05) is 11.6 Å². The maximum Gasteiger partial charge on any atom is 0.0659 e. The Bertz CT molecular complexity index is 162. The van der Waals surface area contributed by atoms with Crippen molar-refractivity contribution in [2.75, 3.05) is 0 Å². The number of nitriles is 1. The summed E-state index contributed by atoms with van der Waals surface area (Å²) in [5, 5.41) is 8.50. The first-order chi connectivity index (χ1) is 4.33. The van der Waals surface area contributed by atoms with Crippen LogP contribution in [0.5, 0.6) is 0 Å². The van der Waals surface area contributed by atoms with Crippen LogP contribution in [0, 0.1) is 17.2 Å². The average Bonchev–Trinajstić information content (AvgIpc) is 1.90. The average molecular weight is 121 g/mol. The third-order valence-corrected chi connectivity index (χ3v) is 1.82. The van der Waals surface area contributed by atoms with Gasteiger partial charge in [-0.15, -0.1) is 0 Å². The van der Waals surface area contributed by atoms with Crippen LogP contribution in [0.25, 0.3) is 0 Å². The SMILES string of the molecule is CC1=CC[C@H](C#N)CC1. The second kappa shape index (κ2) is 2.68. The van der Waals surface area contributed by atoms with Crippen molar-refractivity contribution in [2.45, 2.75) is 26.2 Å². The Balaban J connectivity index is 2.48. The smallest absolute Gasteiger partial charge is 0.0659 e. The van der Waals surface area contributed by atoms with Crippen LogP contribution in [0.3, 0.4) is 0 Å². The van der Waals surface area contributed by atoms with E-state index in [-0.39, 0.29) is 0 Å². The minimum Gasteiger partial charge on any atom is -0.198 e. The monoisotopic (exact) mass is 121 g/mol. The van der Waals surface area contributed by atoms with Gasteiger partial charge in [-0.25, -0.2) is 0 Å². The molecule has 0 spiro atoms. The zero-order chi connectivity index (χ0) is 6.69. The maximum absolute atomic E-state index is 8.50. The molecule has 0 fully saturated rings. The first-order valence-corrected chi connectivity index (χ1v) is 3.38. The van der Waals surface area contributed by atoms with Crippen LogP contribution in [-0.2, 0) is 0 Å². The lowest BCUT2D eigenvalue weighted by Gasteiger charge is -2.12. The molecule has 1 nitrogen and oxygen atoms in total. The summed E-state index contributed by atoms with van der Waals surface area (Å²) in [5.74, 6) is 0.300. The van der Waals surface area contributed by atoms with Crippen molar-refractivity contribution >= 4 is 0 Å². The van der Waals surface area contributed by atoms with Crippen molar-refractivity contribution in [1.82, 2.24) is 0 Å². The minimum atomic E-state index is 0.300. The highest BCUT2D eigenvalue weighted by Gasteiger charge is 2.09. The van der Waals surface area contributed by atoms with Crippen LogP contribution in [0.2, 0.25) is 0 Å². The van der Waals surface area contributed by atoms with E-state index in [0.717, 1.165) is 19.3 Å². The molecular weight excluding hydrogens is 110 g/mol. The Hall–Kier alpha value is -0.770. The van der Waals surface area contributed by atoms with Crippen molar-refractivity contribution in [3.63, 3.8) is 0 Å². The molecule has 0 unspecified atom stereocenters. The van der Waals surface area contributed by atoms with Gasteiger partial charge in [0, 0.05) is 0 Å². The van der Waals surface area contributed by atoms with Gasteiger partial charge >= 0.3 is 0 Å². The predicted octanol–water partition coefficient (Wildman–Crippen LogP) is 2.26. The summed E-state index contributed by atoms with van der Waals surface area (Å²) in [4.78, 5) is 0. The summed E-state index contributed by atoms with van der Waals surface area (Å²) in [6, 6.07) is 2.28. The van der Waals surface area contributed by atoms with E-state index in [4.69, 9.17) is 5.26 Å². The summed E-state index contributed by atoms with van der Waals surface area (Å²) in [7, 11) is 0. The van der Waals surface area contributed by atoms with Crippen LogP contribution < -0.4 is 0 Å². The zero-order valence-electron chi connectivity index (χ0n) is 5.72. The quantitative estimate of drug-likeness (QED) is 0.451. The largest absolute Gasteiger partial charge is 0.198 e. The number of hydrogen-bond donors (Lipinski definition) is 0. The van der Waals surface area contributed by atoms with E-state index in [1.165, 1.54) is 5.57 Å². The van der Waals surface area contributed by atoms with Gasteiger partial charge in [0.05, 0.1) is 12.0 Å². The molecule has 0 aromatic carbocycles. The molecule has 9 heavy (non-hydrogen) atoms. The molecule has 0 heterocycles. The Morgan fingerprint density at radius 2 is 2.56 bits per heavy atom. The lowest BCUT2D eigenvalue weighted by atomic mass is 9.92. The molecule has 0 aromatic heterocycles. The molecule has 1 heteroatoms. The maximum atomic E-state index is 8.50. The van der Waals surface area contributed by atoms with Gasteiger partial charge in [0.15, 0.2) is 0 Å². The third kappa shape index (κ3) is 1.57. The molecule has 1 aliphatic rings. The molecule has 1 rings (SSSR count). The van der Waals surface area contributed by atoms with Gasteiger partial charge in [0.25, 0.3) is 0 Å². The van der Waals surface area contributed by atoms with Crippen molar-refractivity contribution in [2.24, 2.45) is 5.92 Å². The van der Waals surface area contributed by atoms with E-state index >= 15 is 0 Å².